The third-order valence-corrected chi connectivity index (χ3v) is 4.88. The molecule has 4 heterocycles. The summed E-state index contributed by atoms with van der Waals surface area (Å²) in [5, 5.41) is 1.27. The van der Waals surface area contributed by atoms with E-state index in [-0.39, 0.29) is 0 Å². The molecule has 1 aromatic heterocycles. The summed E-state index contributed by atoms with van der Waals surface area (Å²) in [5.41, 5.74) is 3.70. The van der Waals surface area contributed by atoms with Gasteiger partial charge in [-0.15, -0.1) is 0 Å². The largest absolute Gasteiger partial charge is 0.366 e. The van der Waals surface area contributed by atoms with Crippen LogP contribution in [0.2, 0.25) is 0 Å². The van der Waals surface area contributed by atoms with Gasteiger partial charge in [0.05, 0.1) is 17.4 Å². The van der Waals surface area contributed by atoms with Gasteiger partial charge in [0.15, 0.2) is 0 Å². The maximum Gasteiger partial charge on any atom is 0.0732 e. The molecule has 2 aromatic rings. The number of aromatic nitrogens is 1. The summed E-state index contributed by atoms with van der Waals surface area (Å²) in [5.74, 6) is 0. The van der Waals surface area contributed by atoms with Crippen LogP contribution in [0, 0.1) is 6.92 Å². The highest BCUT2D eigenvalue weighted by Gasteiger charge is 2.29. The van der Waals surface area contributed by atoms with Crippen LogP contribution < -0.4 is 4.90 Å². The molecule has 3 aliphatic heterocycles. The SMILES string of the molecule is Cc1cccc2cc(N3CCN4CCC3CC4)cnc12. The number of pyridine rings is 1. The maximum absolute atomic E-state index is 4.71. The van der Waals surface area contributed by atoms with Crippen molar-refractivity contribution in [2.45, 2.75) is 25.8 Å². The van der Waals surface area contributed by atoms with Crippen molar-refractivity contribution in [2.24, 2.45) is 0 Å². The lowest BCUT2D eigenvalue weighted by atomic mass is 10.0. The summed E-state index contributed by atoms with van der Waals surface area (Å²) in [4.78, 5) is 9.89. The second-order valence-electron chi connectivity index (χ2n) is 6.11. The number of para-hydroxylation sites is 1. The quantitative estimate of drug-likeness (QED) is 0.792. The molecule has 0 atom stereocenters. The molecule has 0 aliphatic carbocycles. The molecule has 3 heteroatoms. The molecule has 3 fully saturated rings. The van der Waals surface area contributed by atoms with E-state index in [2.05, 4.69) is 47.2 Å². The predicted octanol–water partition coefficient (Wildman–Crippen LogP) is 2.83. The van der Waals surface area contributed by atoms with Gasteiger partial charge < -0.3 is 9.80 Å². The van der Waals surface area contributed by atoms with Gasteiger partial charge in [-0.05, 0) is 31.4 Å². The third kappa shape index (κ3) is 1.97. The Morgan fingerprint density at radius 3 is 2.80 bits per heavy atom. The van der Waals surface area contributed by atoms with E-state index in [0.29, 0.717) is 6.04 Å². The Kier molecular flexibility index (Phi) is 2.88. The lowest BCUT2D eigenvalue weighted by Gasteiger charge is -2.32. The van der Waals surface area contributed by atoms with Crippen molar-refractivity contribution >= 4 is 16.6 Å². The Balaban J connectivity index is 1.74. The lowest BCUT2D eigenvalue weighted by molar-refractivity contribution is 0.250. The topological polar surface area (TPSA) is 19.4 Å². The summed E-state index contributed by atoms with van der Waals surface area (Å²) in [6, 6.07) is 9.47. The number of hydrogen-bond donors (Lipinski definition) is 0. The Labute approximate surface area is 120 Å². The highest BCUT2D eigenvalue weighted by atomic mass is 15.3. The number of hydrogen-bond acceptors (Lipinski definition) is 3. The molecule has 20 heavy (non-hydrogen) atoms. The minimum absolute atomic E-state index is 0.706. The molecular weight excluding hydrogens is 246 g/mol. The van der Waals surface area contributed by atoms with E-state index in [0.717, 1.165) is 12.1 Å². The lowest BCUT2D eigenvalue weighted by Crippen LogP contribution is -2.37. The van der Waals surface area contributed by atoms with Gasteiger partial charge in [0.2, 0.25) is 0 Å². The average Bonchev–Trinajstić information content (AvgIpc) is 2.81. The van der Waals surface area contributed by atoms with Crippen molar-refractivity contribution in [3.8, 4) is 0 Å². The zero-order chi connectivity index (χ0) is 13.5. The summed E-state index contributed by atoms with van der Waals surface area (Å²) < 4.78 is 0. The highest BCUT2D eigenvalue weighted by Crippen LogP contribution is 2.28. The molecule has 3 aliphatic rings. The van der Waals surface area contributed by atoms with E-state index in [9.17, 15) is 0 Å². The van der Waals surface area contributed by atoms with Crippen LogP contribution in [0.3, 0.4) is 0 Å². The molecule has 0 radical (unpaired) electrons. The number of fused-ring (bicyclic) bond motifs is 5. The molecule has 3 saturated heterocycles. The first-order chi connectivity index (χ1) is 9.81. The van der Waals surface area contributed by atoms with Gasteiger partial charge >= 0.3 is 0 Å². The van der Waals surface area contributed by atoms with Crippen molar-refractivity contribution in [1.82, 2.24) is 9.88 Å². The van der Waals surface area contributed by atoms with E-state index in [1.807, 2.05) is 0 Å². The van der Waals surface area contributed by atoms with Gasteiger partial charge in [0.1, 0.15) is 0 Å². The monoisotopic (exact) mass is 267 g/mol. The van der Waals surface area contributed by atoms with Gasteiger partial charge in [-0.2, -0.15) is 0 Å². The minimum atomic E-state index is 0.706. The van der Waals surface area contributed by atoms with E-state index in [1.54, 1.807) is 0 Å². The van der Waals surface area contributed by atoms with Crippen LogP contribution in [-0.4, -0.2) is 42.1 Å². The van der Waals surface area contributed by atoms with Crippen LogP contribution in [0.25, 0.3) is 10.9 Å². The average molecular weight is 267 g/mol. The van der Waals surface area contributed by atoms with Crippen molar-refractivity contribution in [3.63, 3.8) is 0 Å². The van der Waals surface area contributed by atoms with E-state index in [4.69, 9.17) is 4.98 Å². The molecule has 1 aromatic carbocycles. The first kappa shape index (κ1) is 12.2. The predicted molar refractivity (Wildman–Crippen MR) is 83.3 cm³/mol. The van der Waals surface area contributed by atoms with E-state index in [1.165, 1.54) is 49.1 Å². The zero-order valence-electron chi connectivity index (χ0n) is 12.0. The Morgan fingerprint density at radius 1 is 1.10 bits per heavy atom. The third-order valence-electron chi connectivity index (χ3n) is 4.88. The highest BCUT2D eigenvalue weighted by molar-refractivity contribution is 5.84. The van der Waals surface area contributed by atoms with Crippen molar-refractivity contribution in [3.05, 3.63) is 36.0 Å². The molecule has 104 valence electrons. The summed E-state index contributed by atoms with van der Waals surface area (Å²) in [6.07, 6.45) is 4.67. The zero-order valence-corrected chi connectivity index (χ0v) is 12.0. The van der Waals surface area contributed by atoms with Gasteiger partial charge in [0, 0.05) is 37.6 Å². The van der Waals surface area contributed by atoms with E-state index < -0.39 is 0 Å². The smallest absolute Gasteiger partial charge is 0.0732 e. The normalized spacial score (nSPS) is 25.9. The fourth-order valence-corrected chi connectivity index (χ4v) is 3.69. The summed E-state index contributed by atoms with van der Waals surface area (Å²) in [6.45, 7) is 7.00. The van der Waals surface area contributed by atoms with Gasteiger partial charge in [-0.1, -0.05) is 18.2 Å². The number of rotatable bonds is 1. The molecule has 0 spiro atoms. The number of benzene rings is 1. The summed E-state index contributed by atoms with van der Waals surface area (Å²) >= 11 is 0. The van der Waals surface area contributed by atoms with Crippen molar-refractivity contribution in [1.29, 1.82) is 0 Å². The molecule has 0 saturated carbocycles. The Bertz CT molecular complexity index is 629. The number of nitrogens with zero attached hydrogens (tertiary/aromatic N) is 3. The van der Waals surface area contributed by atoms with Crippen LogP contribution in [-0.2, 0) is 0 Å². The molecule has 3 nitrogen and oxygen atoms in total. The molecular formula is C17H21N3. The van der Waals surface area contributed by atoms with Gasteiger partial charge in [-0.3, -0.25) is 4.98 Å². The molecule has 2 bridgehead atoms. The number of piperidine rings is 1. The second kappa shape index (κ2) is 4.74. The van der Waals surface area contributed by atoms with Crippen LogP contribution in [0.4, 0.5) is 5.69 Å². The Morgan fingerprint density at radius 2 is 1.95 bits per heavy atom. The maximum atomic E-state index is 4.71. The van der Waals surface area contributed by atoms with Crippen LogP contribution in [0.1, 0.15) is 18.4 Å². The minimum Gasteiger partial charge on any atom is -0.366 e. The molecule has 0 amide bonds. The Hall–Kier alpha value is -1.61. The molecule has 5 rings (SSSR count). The first-order valence-electron chi connectivity index (χ1n) is 7.66. The molecule has 0 unspecified atom stereocenters. The van der Waals surface area contributed by atoms with E-state index >= 15 is 0 Å². The van der Waals surface area contributed by atoms with Crippen molar-refractivity contribution in [2.75, 3.05) is 31.1 Å². The van der Waals surface area contributed by atoms with Crippen LogP contribution >= 0.6 is 0 Å². The standard InChI is InChI=1S/C17H21N3/c1-13-3-2-4-14-11-16(12-18-17(13)14)20-10-9-19-7-5-15(20)6-8-19/h2-4,11-12,15H,5-10H2,1H3. The molecule has 0 N–H and O–H groups in total. The van der Waals surface area contributed by atoms with Crippen LogP contribution in [0.15, 0.2) is 30.5 Å². The fraction of sp³-hybridized carbons (Fsp3) is 0.471. The van der Waals surface area contributed by atoms with Gasteiger partial charge in [0.25, 0.3) is 0 Å². The number of aryl methyl sites for hydroxylation is 1. The first-order valence-corrected chi connectivity index (χ1v) is 7.66. The second-order valence-corrected chi connectivity index (χ2v) is 6.11. The van der Waals surface area contributed by atoms with Crippen molar-refractivity contribution < 1.29 is 0 Å². The summed E-state index contributed by atoms with van der Waals surface area (Å²) in [7, 11) is 0. The fourth-order valence-electron chi connectivity index (χ4n) is 3.69. The van der Waals surface area contributed by atoms with Crippen LogP contribution in [0.5, 0.6) is 0 Å². The van der Waals surface area contributed by atoms with Gasteiger partial charge in [-0.25, -0.2) is 0 Å². The number of anilines is 1.